The average Bonchev–Trinajstić information content (AvgIpc) is 2.47. The van der Waals surface area contributed by atoms with Gasteiger partial charge in [0.1, 0.15) is 11.9 Å². The van der Waals surface area contributed by atoms with E-state index in [9.17, 15) is 4.39 Å². The molecular weight excluding hydrogens is 241 g/mol. The summed E-state index contributed by atoms with van der Waals surface area (Å²) in [6, 6.07) is 10.5. The molecule has 0 aliphatic rings. The van der Waals surface area contributed by atoms with Crippen LogP contribution in [0.3, 0.4) is 0 Å². The van der Waals surface area contributed by atoms with Crippen molar-refractivity contribution in [3.05, 3.63) is 65.2 Å². The molecule has 0 saturated heterocycles. The molecule has 1 unspecified atom stereocenters. The summed E-state index contributed by atoms with van der Waals surface area (Å²) in [4.78, 5) is 3.97. The van der Waals surface area contributed by atoms with Gasteiger partial charge in [-0.3, -0.25) is 4.98 Å². The van der Waals surface area contributed by atoms with E-state index in [0.29, 0.717) is 6.54 Å². The Hall–Kier alpha value is -2.25. The highest BCUT2D eigenvalue weighted by Gasteiger charge is 2.06. The molecular formula is C15H14FN3. The number of aromatic nitrogens is 1. The lowest BCUT2D eigenvalue weighted by atomic mass is 10.1. The van der Waals surface area contributed by atoms with E-state index in [1.165, 1.54) is 6.07 Å². The van der Waals surface area contributed by atoms with Gasteiger partial charge in [0.25, 0.3) is 0 Å². The van der Waals surface area contributed by atoms with Gasteiger partial charge >= 0.3 is 0 Å². The summed E-state index contributed by atoms with van der Waals surface area (Å²) in [5, 5.41) is 12.1. The van der Waals surface area contributed by atoms with Crippen LogP contribution in [0.25, 0.3) is 0 Å². The van der Waals surface area contributed by atoms with Crippen LogP contribution >= 0.6 is 0 Å². The van der Waals surface area contributed by atoms with Crippen LogP contribution in [0.4, 0.5) is 4.39 Å². The Kier molecular flexibility index (Phi) is 4.22. The first-order chi connectivity index (χ1) is 9.20. The van der Waals surface area contributed by atoms with Crippen molar-refractivity contribution in [3.63, 3.8) is 0 Å². The fraction of sp³-hybridized carbons (Fsp3) is 0.200. The Labute approximate surface area is 111 Å². The van der Waals surface area contributed by atoms with Gasteiger partial charge in [-0.2, -0.15) is 5.26 Å². The molecule has 4 heteroatoms. The van der Waals surface area contributed by atoms with E-state index < -0.39 is 5.82 Å². The van der Waals surface area contributed by atoms with Gasteiger partial charge in [0.2, 0.25) is 0 Å². The highest BCUT2D eigenvalue weighted by Crippen LogP contribution is 2.13. The lowest BCUT2D eigenvalue weighted by Crippen LogP contribution is -2.18. The first-order valence-corrected chi connectivity index (χ1v) is 6.02. The van der Waals surface area contributed by atoms with E-state index in [0.717, 1.165) is 11.1 Å². The molecule has 0 bridgehead atoms. The van der Waals surface area contributed by atoms with E-state index >= 15 is 0 Å². The van der Waals surface area contributed by atoms with Crippen LogP contribution in [0.15, 0.2) is 42.7 Å². The van der Waals surface area contributed by atoms with E-state index in [1.807, 2.05) is 25.1 Å². The van der Waals surface area contributed by atoms with Crippen molar-refractivity contribution < 1.29 is 4.39 Å². The number of nitriles is 1. The van der Waals surface area contributed by atoms with E-state index in [-0.39, 0.29) is 11.6 Å². The molecule has 2 rings (SSSR count). The largest absolute Gasteiger partial charge is 0.306 e. The summed E-state index contributed by atoms with van der Waals surface area (Å²) in [7, 11) is 0. The highest BCUT2D eigenvalue weighted by atomic mass is 19.1. The second-order valence-electron chi connectivity index (χ2n) is 4.31. The normalized spacial score (nSPS) is 11.8. The number of benzene rings is 1. The van der Waals surface area contributed by atoms with Gasteiger partial charge in [0, 0.05) is 25.0 Å². The highest BCUT2D eigenvalue weighted by molar-refractivity contribution is 5.34. The molecule has 0 saturated carbocycles. The van der Waals surface area contributed by atoms with Gasteiger partial charge in [-0.1, -0.05) is 6.07 Å². The summed E-state index contributed by atoms with van der Waals surface area (Å²) >= 11 is 0. The number of halogens is 1. The zero-order valence-electron chi connectivity index (χ0n) is 10.6. The van der Waals surface area contributed by atoms with Gasteiger partial charge in [-0.15, -0.1) is 0 Å². The SMILES string of the molecule is CC(NCc1ccc(F)c(C#N)c1)c1ccncc1. The van der Waals surface area contributed by atoms with Crippen molar-refractivity contribution in [1.82, 2.24) is 10.3 Å². The molecule has 0 fully saturated rings. The zero-order chi connectivity index (χ0) is 13.7. The quantitative estimate of drug-likeness (QED) is 0.913. The second-order valence-corrected chi connectivity index (χ2v) is 4.31. The zero-order valence-corrected chi connectivity index (χ0v) is 10.6. The monoisotopic (exact) mass is 255 g/mol. The lowest BCUT2D eigenvalue weighted by Gasteiger charge is -2.14. The predicted molar refractivity (Wildman–Crippen MR) is 70.6 cm³/mol. The van der Waals surface area contributed by atoms with Crippen molar-refractivity contribution in [2.45, 2.75) is 19.5 Å². The predicted octanol–water partition coefficient (Wildman–Crippen LogP) is 2.94. The Morgan fingerprint density at radius 2 is 2.05 bits per heavy atom. The molecule has 1 heterocycles. The number of nitrogens with one attached hydrogen (secondary N) is 1. The number of hydrogen-bond donors (Lipinski definition) is 1. The first-order valence-electron chi connectivity index (χ1n) is 6.02. The Morgan fingerprint density at radius 3 is 2.74 bits per heavy atom. The third kappa shape index (κ3) is 3.36. The van der Waals surface area contributed by atoms with Crippen molar-refractivity contribution in [2.24, 2.45) is 0 Å². The molecule has 1 aromatic heterocycles. The third-order valence-corrected chi connectivity index (χ3v) is 2.97. The lowest BCUT2D eigenvalue weighted by molar-refractivity contribution is 0.572. The summed E-state index contributed by atoms with van der Waals surface area (Å²) in [5.74, 6) is -0.478. The van der Waals surface area contributed by atoms with Crippen molar-refractivity contribution >= 4 is 0 Å². The van der Waals surface area contributed by atoms with Crippen LogP contribution in [0.2, 0.25) is 0 Å². The second kappa shape index (κ2) is 6.07. The van der Waals surface area contributed by atoms with Gasteiger partial charge in [0.15, 0.2) is 0 Å². The van der Waals surface area contributed by atoms with E-state index in [1.54, 1.807) is 24.5 Å². The molecule has 2 aromatic rings. The summed E-state index contributed by atoms with van der Waals surface area (Å²) in [6.07, 6.45) is 3.50. The molecule has 1 N–H and O–H groups in total. The molecule has 0 aliphatic heterocycles. The standard InChI is InChI=1S/C15H14FN3/c1-11(13-4-6-18-7-5-13)19-10-12-2-3-15(16)14(8-12)9-17/h2-8,11,19H,10H2,1H3. The third-order valence-electron chi connectivity index (χ3n) is 2.97. The molecule has 1 atom stereocenters. The number of nitrogens with zero attached hydrogens (tertiary/aromatic N) is 2. The first kappa shape index (κ1) is 13.2. The van der Waals surface area contributed by atoms with Crippen LogP contribution < -0.4 is 5.32 Å². The summed E-state index contributed by atoms with van der Waals surface area (Å²) in [5.41, 5.74) is 2.10. The van der Waals surface area contributed by atoms with Gasteiger partial charge < -0.3 is 5.32 Å². The van der Waals surface area contributed by atoms with Crippen LogP contribution in [0.1, 0.15) is 29.7 Å². The fourth-order valence-corrected chi connectivity index (χ4v) is 1.81. The maximum atomic E-state index is 13.2. The summed E-state index contributed by atoms with van der Waals surface area (Å²) in [6.45, 7) is 2.63. The van der Waals surface area contributed by atoms with Crippen LogP contribution in [-0.2, 0) is 6.54 Å². The minimum absolute atomic E-state index is 0.0795. The molecule has 96 valence electrons. The maximum Gasteiger partial charge on any atom is 0.140 e. The Morgan fingerprint density at radius 1 is 1.32 bits per heavy atom. The topological polar surface area (TPSA) is 48.7 Å². The fourth-order valence-electron chi connectivity index (χ4n) is 1.81. The van der Waals surface area contributed by atoms with Crippen molar-refractivity contribution in [2.75, 3.05) is 0 Å². The minimum Gasteiger partial charge on any atom is -0.306 e. The van der Waals surface area contributed by atoms with Gasteiger partial charge in [0.05, 0.1) is 5.56 Å². The average molecular weight is 255 g/mol. The minimum atomic E-state index is -0.478. The van der Waals surface area contributed by atoms with Gasteiger partial charge in [-0.05, 0) is 42.3 Å². The van der Waals surface area contributed by atoms with E-state index in [4.69, 9.17) is 5.26 Å². The molecule has 0 spiro atoms. The molecule has 1 aromatic carbocycles. The van der Waals surface area contributed by atoms with Gasteiger partial charge in [-0.25, -0.2) is 4.39 Å². The summed E-state index contributed by atoms with van der Waals surface area (Å²) < 4.78 is 13.2. The molecule has 0 amide bonds. The van der Waals surface area contributed by atoms with Crippen molar-refractivity contribution in [1.29, 1.82) is 5.26 Å². The molecule has 3 nitrogen and oxygen atoms in total. The van der Waals surface area contributed by atoms with Crippen LogP contribution in [0, 0.1) is 17.1 Å². The van der Waals surface area contributed by atoms with E-state index in [2.05, 4.69) is 10.3 Å². The van der Waals surface area contributed by atoms with Crippen LogP contribution in [-0.4, -0.2) is 4.98 Å². The molecule has 0 radical (unpaired) electrons. The van der Waals surface area contributed by atoms with Crippen molar-refractivity contribution in [3.8, 4) is 6.07 Å². The maximum absolute atomic E-state index is 13.2. The number of hydrogen-bond acceptors (Lipinski definition) is 3. The number of rotatable bonds is 4. The smallest absolute Gasteiger partial charge is 0.140 e. The molecule has 0 aliphatic carbocycles. The Balaban J connectivity index is 2.01. The van der Waals surface area contributed by atoms with Crippen LogP contribution in [0.5, 0.6) is 0 Å². The number of pyridine rings is 1. The molecule has 19 heavy (non-hydrogen) atoms. The Bertz CT molecular complexity index is 590.